The van der Waals surface area contributed by atoms with E-state index in [1.165, 1.54) is 6.07 Å². The molecule has 1 aromatic carbocycles. The van der Waals surface area contributed by atoms with Crippen LogP contribution in [0.2, 0.25) is 5.21 Å². The van der Waals surface area contributed by atoms with E-state index in [9.17, 15) is 4.39 Å². The molecule has 0 aromatic heterocycles. The number of aryl methyl sites for hydroxylation is 1. The summed E-state index contributed by atoms with van der Waals surface area (Å²) in [6.45, 7) is 0. The van der Waals surface area contributed by atoms with Gasteiger partial charge in [0.05, 0.1) is 0 Å². The van der Waals surface area contributed by atoms with E-state index in [4.69, 9.17) is 0 Å². The molecule has 0 N–H and O–H groups in total. The zero-order valence-electron chi connectivity index (χ0n) is 5.68. The molecule has 0 aliphatic carbocycles. The second kappa shape index (κ2) is 3.77. The monoisotopic (exact) mass is 200 g/mol. The zero-order valence-corrected chi connectivity index (χ0v) is 8.10. The molecule has 0 spiro atoms. The molecule has 2 heteroatoms. The van der Waals surface area contributed by atoms with Crippen LogP contribution in [0.15, 0.2) is 24.3 Å². The molecule has 1 atom stereocenters. The molecular weight excluding hydrogens is 190 g/mol. The third-order valence-corrected chi connectivity index (χ3v) is 1.93. The van der Waals surface area contributed by atoms with Crippen molar-refractivity contribution in [1.29, 1.82) is 0 Å². The van der Waals surface area contributed by atoms with Gasteiger partial charge in [0.1, 0.15) is 0 Å². The summed E-state index contributed by atoms with van der Waals surface area (Å²) in [6, 6.07) is 6.79. The van der Waals surface area contributed by atoms with Crippen molar-refractivity contribution in [2.45, 2.75) is 11.6 Å². The van der Waals surface area contributed by atoms with E-state index >= 15 is 0 Å². The molecule has 1 aromatic rings. The van der Waals surface area contributed by atoms with Crippen LogP contribution in [0, 0.1) is 5.82 Å². The molecule has 0 bridgehead atoms. The fraction of sp³-hybridized carbons (Fsp3) is 0.250. The number of hydrogen-bond acceptors (Lipinski definition) is 0. The summed E-state index contributed by atoms with van der Waals surface area (Å²) >= 11 is 1.69. The van der Waals surface area contributed by atoms with Crippen molar-refractivity contribution in [3.63, 3.8) is 0 Å². The minimum absolute atomic E-state index is 0.126. The van der Waals surface area contributed by atoms with Gasteiger partial charge < -0.3 is 0 Å². The third kappa shape index (κ3) is 2.15. The van der Waals surface area contributed by atoms with Crippen molar-refractivity contribution in [1.82, 2.24) is 0 Å². The Morgan fingerprint density at radius 3 is 2.80 bits per heavy atom. The van der Waals surface area contributed by atoms with E-state index in [0.717, 1.165) is 17.2 Å². The molecule has 0 heterocycles. The summed E-state index contributed by atoms with van der Waals surface area (Å²) in [7, 11) is 0. The van der Waals surface area contributed by atoms with E-state index in [1.807, 2.05) is 6.07 Å². The Labute approximate surface area is 68.9 Å². The quantitative estimate of drug-likeness (QED) is 0.633. The average Bonchev–Trinajstić information content (AvgIpc) is 1.88. The Morgan fingerprint density at radius 1 is 1.40 bits per heavy atom. The molecule has 0 amide bonds. The zero-order chi connectivity index (χ0) is 7.40. The van der Waals surface area contributed by atoms with Crippen LogP contribution in [0.3, 0.4) is 0 Å². The predicted octanol–water partition coefficient (Wildman–Crippen LogP) is 1.42. The Hall–Kier alpha value is -0.292. The number of halogens is 1. The van der Waals surface area contributed by atoms with Crippen LogP contribution in [0.1, 0.15) is 5.56 Å². The summed E-state index contributed by atoms with van der Waals surface area (Å²) in [5, 5.41) is 1.14. The molecule has 0 fully saturated rings. The van der Waals surface area contributed by atoms with Gasteiger partial charge in [-0.2, -0.15) is 0 Å². The van der Waals surface area contributed by atoms with E-state index in [-0.39, 0.29) is 5.82 Å². The summed E-state index contributed by atoms with van der Waals surface area (Å²) in [6.07, 6.45) is 0.998. The summed E-state index contributed by atoms with van der Waals surface area (Å²) in [5.41, 5.74) is 1.10. The van der Waals surface area contributed by atoms with Gasteiger partial charge in [0.15, 0.2) is 0 Å². The molecule has 10 heavy (non-hydrogen) atoms. The van der Waals surface area contributed by atoms with Gasteiger partial charge in [0.2, 0.25) is 0 Å². The second-order valence-corrected chi connectivity index (χ2v) is 3.38. The molecule has 54 valence electrons. The first-order valence-electron chi connectivity index (χ1n) is 3.27. The van der Waals surface area contributed by atoms with Crippen LogP contribution in [-0.2, 0) is 6.42 Å². The fourth-order valence-corrected chi connectivity index (χ4v) is 1.56. The predicted molar refractivity (Wildman–Crippen MR) is 43.5 cm³/mol. The number of rotatable bonds is 2. The van der Waals surface area contributed by atoms with E-state index in [1.54, 1.807) is 29.0 Å². The van der Waals surface area contributed by atoms with Crippen molar-refractivity contribution < 1.29 is 4.39 Å². The Bertz CT molecular complexity index is 210. The van der Waals surface area contributed by atoms with Gasteiger partial charge in [-0.05, 0) is 0 Å². The molecule has 0 nitrogen and oxygen atoms in total. The van der Waals surface area contributed by atoms with Gasteiger partial charge in [0, 0.05) is 0 Å². The van der Waals surface area contributed by atoms with Gasteiger partial charge in [-0.25, -0.2) is 0 Å². The SMILES string of the molecule is Fc1cccc(CC[AsH2])c1. The van der Waals surface area contributed by atoms with Crippen molar-refractivity contribution in [2.75, 3.05) is 0 Å². The summed E-state index contributed by atoms with van der Waals surface area (Å²) in [4.78, 5) is 0. The van der Waals surface area contributed by atoms with Gasteiger partial charge >= 0.3 is 68.5 Å². The van der Waals surface area contributed by atoms with Crippen molar-refractivity contribution in [2.24, 2.45) is 0 Å². The summed E-state index contributed by atoms with van der Waals surface area (Å²) < 4.78 is 12.5. The van der Waals surface area contributed by atoms with Gasteiger partial charge in [-0.3, -0.25) is 0 Å². The standard InChI is InChI=1S/C8H10AsF/c9-5-4-7-2-1-3-8(10)6-7/h1-3,6H,4-5,9H2. The third-order valence-electron chi connectivity index (χ3n) is 1.32. The Kier molecular flexibility index (Phi) is 2.95. The van der Waals surface area contributed by atoms with Crippen LogP contribution in [0.5, 0.6) is 0 Å². The molecular formula is C8H10AsF. The van der Waals surface area contributed by atoms with Crippen LogP contribution in [0.4, 0.5) is 4.39 Å². The topological polar surface area (TPSA) is 0 Å². The first kappa shape index (κ1) is 7.81. The van der Waals surface area contributed by atoms with Crippen molar-refractivity contribution >= 4 is 16.9 Å². The molecule has 0 saturated carbocycles. The molecule has 0 aliphatic heterocycles. The maximum absolute atomic E-state index is 12.5. The average molecular weight is 200 g/mol. The van der Waals surface area contributed by atoms with Crippen LogP contribution in [0.25, 0.3) is 0 Å². The second-order valence-electron chi connectivity index (χ2n) is 2.17. The first-order chi connectivity index (χ1) is 4.83. The Balaban J connectivity index is 2.75. The van der Waals surface area contributed by atoms with Crippen LogP contribution >= 0.6 is 0 Å². The van der Waals surface area contributed by atoms with E-state index in [2.05, 4.69) is 0 Å². The van der Waals surface area contributed by atoms with Crippen LogP contribution < -0.4 is 0 Å². The van der Waals surface area contributed by atoms with Gasteiger partial charge in [-0.1, -0.05) is 0 Å². The minimum atomic E-state index is -0.126. The maximum atomic E-state index is 12.5. The summed E-state index contributed by atoms with van der Waals surface area (Å²) in [5.74, 6) is -0.126. The molecule has 1 rings (SSSR count). The first-order valence-corrected chi connectivity index (χ1v) is 4.99. The van der Waals surface area contributed by atoms with Crippen LogP contribution in [-0.4, -0.2) is 16.9 Å². The molecule has 0 aliphatic rings. The fourth-order valence-electron chi connectivity index (χ4n) is 0.859. The van der Waals surface area contributed by atoms with Crippen molar-refractivity contribution in [3.8, 4) is 0 Å². The van der Waals surface area contributed by atoms with Gasteiger partial charge in [-0.15, -0.1) is 0 Å². The van der Waals surface area contributed by atoms with Gasteiger partial charge in [0.25, 0.3) is 0 Å². The van der Waals surface area contributed by atoms with E-state index < -0.39 is 0 Å². The van der Waals surface area contributed by atoms with Crippen molar-refractivity contribution in [3.05, 3.63) is 35.6 Å². The Morgan fingerprint density at radius 2 is 2.20 bits per heavy atom. The number of benzene rings is 1. The normalized spacial score (nSPS) is 9.80. The van der Waals surface area contributed by atoms with E-state index in [0.29, 0.717) is 0 Å². The molecule has 0 radical (unpaired) electrons. The number of hydrogen-bond donors (Lipinski definition) is 0. The molecule has 0 saturated heterocycles. The molecule has 1 unspecified atom stereocenters.